The van der Waals surface area contributed by atoms with Crippen molar-refractivity contribution < 1.29 is 0 Å². The molecule has 0 rings (SSSR count). The molecule has 0 spiro atoms. The molecule has 0 aliphatic carbocycles. The fraction of sp³-hybridized carbons (Fsp3) is 0.889. The zero-order valence-corrected chi connectivity index (χ0v) is 7.98. The van der Waals surface area contributed by atoms with Crippen molar-refractivity contribution in [2.45, 2.75) is 39.5 Å². The van der Waals surface area contributed by atoms with Crippen molar-refractivity contribution in [3.63, 3.8) is 0 Å². The summed E-state index contributed by atoms with van der Waals surface area (Å²) in [6, 6.07) is 0. The van der Waals surface area contributed by atoms with Crippen molar-refractivity contribution in [2.75, 3.05) is 13.6 Å². The topological polar surface area (TPSA) is 27.1 Å². The minimum atomic E-state index is 0.779. The van der Waals surface area contributed by atoms with Crippen LogP contribution in [0.1, 0.15) is 39.5 Å². The fourth-order valence-corrected chi connectivity index (χ4v) is 0.958. The van der Waals surface area contributed by atoms with Gasteiger partial charge in [-0.3, -0.25) is 5.41 Å². The lowest BCUT2D eigenvalue weighted by Crippen LogP contribution is -2.26. The average Bonchev–Trinajstić information content (AvgIpc) is 2.00. The second-order valence-electron chi connectivity index (χ2n) is 2.97. The Morgan fingerprint density at radius 2 is 1.91 bits per heavy atom. The summed E-state index contributed by atoms with van der Waals surface area (Å²) in [6.07, 6.45) is 4.40. The number of unbranched alkanes of at least 4 members (excludes halogenated alkanes) is 1. The molecule has 0 unspecified atom stereocenters. The molecule has 0 bridgehead atoms. The van der Waals surface area contributed by atoms with Crippen LogP contribution in [0, 0.1) is 5.41 Å². The predicted molar refractivity (Wildman–Crippen MR) is 50.2 cm³/mol. The number of hydrogen-bond acceptors (Lipinski definition) is 1. The molecule has 0 aromatic carbocycles. The number of nitrogens with zero attached hydrogens (tertiary/aromatic N) is 1. The molecule has 1 N–H and O–H groups in total. The molecule has 11 heavy (non-hydrogen) atoms. The largest absolute Gasteiger partial charge is 0.364 e. The van der Waals surface area contributed by atoms with Gasteiger partial charge in [0.25, 0.3) is 0 Å². The van der Waals surface area contributed by atoms with Crippen LogP contribution in [0.3, 0.4) is 0 Å². The molecule has 66 valence electrons. The van der Waals surface area contributed by atoms with Gasteiger partial charge in [-0.15, -0.1) is 0 Å². The lowest BCUT2D eigenvalue weighted by atomic mass is 10.2. The highest BCUT2D eigenvalue weighted by Crippen LogP contribution is 1.97. The van der Waals surface area contributed by atoms with Crippen LogP contribution < -0.4 is 0 Å². The van der Waals surface area contributed by atoms with Gasteiger partial charge in [0.15, 0.2) is 0 Å². The summed E-state index contributed by atoms with van der Waals surface area (Å²) >= 11 is 0. The highest BCUT2D eigenvalue weighted by atomic mass is 15.1. The van der Waals surface area contributed by atoms with Crippen molar-refractivity contribution in [2.24, 2.45) is 0 Å². The first kappa shape index (κ1) is 10.5. The van der Waals surface area contributed by atoms with Crippen LogP contribution in [0.2, 0.25) is 0 Å². The molecule has 0 fully saturated rings. The van der Waals surface area contributed by atoms with E-state index in [0.29, 0.717) is 0 Å². The first-order chi connectivity index (χ1) is 5.22. The van der Waals surface area contributed by atoms with Gasteiger partial charge in [-0.05, 0) is 12.8 Å². The Kier molecular flexibility index (Phi) is 5.90. The number of rotatable bonds is 5. The monoisotopic (exact) mass is 156 g/mol. The normalized spacial score (nSPS) is 9.73. The van der Waals surface area contributed by atoms with Crippen LogP contribution in [0.5, 0.6) is 0 Å². The van der Waals surface area contributed by atoms with Gasteiger partial charge in [0, 0.05) is 20.0 Å². The van der Waals surface area contributed by atoms with Crippen molar-refractivity contribution >= 4 is 5.84 Å². The minimum absolute atomic E-state index is 0.779. The molecule has 0 radical (unpaired) electrons. The van der Waals surface area contributed by atoms with Crippen molar-refractivity contribution in [1.82, 2.24) is 4.90 Å². The van der Waals surface area contributed by atoms with Crippen LogP contribution in [-0.2, 0) is 0 Å². The van der Waals surface area contributed by atoms with E-state index in [-0.39, 0.29) is 0 Å². The molecule has 2 heteroatoms. The minimum Gasteiger partial charge on any atom is -0.364 e. The maximum absolute atomic E-state index is 7.60. The van der Waals surface area contributed by atoms with E-state index >= 15 is 0 Å². The summed E-state index contributed by atoms with van der Waals surface area (Å²) in [5.41, 5.74) is 0. The lowest BCUT2D eigenvalue weighted by Gasteiger charge is -2.18. The molecule has 2 nitrogen and oxygen atoms in total. The van der Waals surface area contributed by atoms with E-state index in [1.54, 1.807) is 0 Å². The van der Waals surface area contributed by atoms with Crippen molar-refractivity contribution in [1.29, 1.82) is 5.41 Å². The summed E-state index contributed by atoms with van der Waals surface area (Å²) in [5.74, 6) is 0.779. The third kappa shape index (κ3) is 4.82. The first-order valence-electron chi connectivity index (χ1n) is 4.50. The van der Waals surface area contributed by atoms with Gasteiger partial charge in [0.2, 0.25) is 0 Å². The van der Waals surface area contributed by atoms with Gasteiger partial charge in [-0.1, -0.05) is 20.3 Å². The van der Waals surface area contributed by atoms with E-state index in [0.717, 1.165) is 25.2 Å². The van der Waals surface area contributed by atoms with Crippen molar-refractivity contribution in [3.8, 4) is 0 Å². The Labute approximate surface area is 70.1 Å². The molecule has 0 atom stereocenters. The van der Waals surface area contributed by atoms with Crippen LogP contribution in [0.25, 0.3) is 0 Å². The number of amidine groups is 1. The van der Waals surface area contributed by atoms with Gasteiger partial charge in [0.1, 0.15) is 0 Å². The SMILES string of the molecule is CCCCN(C)C(=N)CCC. The smallest absolute Gasteiger partial charge is 0.0954 e. The zero-order chi connectivity index (χ0) is 8.69. The molecular formula is C9H20N2. The van der Waals surface area contributed by atoms with E-state index in [1.807, 2.05) is 11.9 Å². The first-order valence-corrected chi connectivity index (χ1v) is 4.50. The highest BCUT2D eigenvalue weighted by Gasteiger charge is 2.00. The summed E-state index contributed by atoms with van der Waals surface area (Å²) in [4.78, 5) is 2.05. The number of hydrogen-bond donors (Lipinski definition) is 1. The average molecular weight is 156 g/mol. The van der Waals surface area contributed by atoms with E-state index in [1.165, 1.54) is 12.8 Å². The van der Waals surface area contributed by atoms with E-state index in [9.17, 15) is 0 Å². The molecule has 0 aromatic heterocycles. The summed E-state index contributed by atoms with van der Waals surface area (Å²) < 4.78 is 0. The maximum Gasteiger partial charge on any atom is 0.0954 e. The zero-order valence-electron chi connectivity index (χ0n) is 7.98. The van der Waals surface area contributed by atoms with Crippen LogP contribution >= 0.6 is 0 Å². The van der Waals surface area contributed by atoms with Gasteiger partial charge >= 0.3 is 0 Å². The van der Waals surface area contributed by atoms with Crippen LogP contribution in [-0.4, -0.2) is 24.3 Å². The molecule has 0 aliphatic rings. The highest BCUT2D eigenvalue weighted by molar-refractivity contribution is 5.78. The maximum atomic E-state index is 7.60. The Hall–Kier alpha value is -0.530. The quantitative estimate of drug-likeness (QED) is 0.480. The molecule has 0 saturated heterocycles. The predicted octanol–water partition coefficient (Wildman–Crippen LogP) is 2.50. The van der Waals surface area contributed by atoms with Crippen LogP contribution in [0.4, 0.5) is 0 Å². The fourth-order valence-electron chi connectivity index (χ4n) is 0.958. The Morgan fingerprint density at radius 1 is 1.27 bits per heavy atom. The Bertz CT molecular complexity index is 110. The third-order valence-corrected chi connectivity index (χ3v) is 1.79. The third-order valence-electron chi connectivity index (χ3n) is 1.79. The van der Waals surface area contributed by atoms with Gasteiger partial charge < -0.3 is 4.90 Å². The Morgan fingerprint density at radius 3 is 2.36 bits per heavy atom. The van der Waals surface area contributed by atoms with Gasteiger partial charge in [-0.2, -0.15) is 0 Å². The second-order valence-corrected chi connectivity index (χ2v) is 2.97. The summed E-state index contributed by atoms with van der Waals surface area (Å²) in [7, 11) is 2.01. The molecule has 0 aromatic rings. The van der Waals surface area contributed by atoms with E-state index < -0.39 is 0 Å². The standard InChI is InChI=1S/C9H20N2/c1-4-6-8-11(3)9(10)7-5-2/h10H,4-8H2,1-3H3. The van der Waals surface area contributed by atoms with E-state index in [2.05, 4.69) is 13.8 Å². The molecule has 0 aliphatic heterocycles. The lowest BCUT2D eigenvalue weighted by molar-refractivity contribution is 0.470. The molecule has 0 amide bonds. The summed E-state index contributed by atoms with van der Waals surface area (Å²) in [5, 5.41) is 7.60. The summed E-state index contributed by atoms with van der Waals surface area (Å²) in [6.45, 7) is 5.33. The second kappa shape index (κ2) is 6.20. The Balaban J connectivity index is 3.46. The number of nitrogens with one attached hydrogen (secondary N) is 1. The van der Waals surface area contributed by atoms with Crippen molar-refractivity contribution in [3.05, 3.63) is 0 Å². The molecule has 0 heterocycles. The molecular weight excluding hydrogens is 136 g/mol. The molecule has 0 saturated carbocycles. The van der Waals surface area contributed by atoms with E-state index in [4.69, 9.17) is 5.41 Å². The van der Waals surface area contributed by atoms with Gasteiger partial charge in [0.05, 0.1) is 5.84 Å². The van der Waals surface area contributed by atoms with Gasteiger partial charge in [-0.25, -0.2) is 0 Å². The van der Waals surface area contributed by atoms with Crippen LogP contribution in [0.15, 0.2) is 0 Å².